The Kier molecular flexibility index (Phi) is 6.86. The van der Waals surface area contributed by atoms with Crippen molar-refractivity contribution >= 4 is 5.91 Å². The van der Waals surface area contributed by atoms with E-state index in [0.29, 0.717) is 5.56 Å². The highest BCUT2D eigenvalue weighted by molar-refractivity contribution is 5.95. The van der Waals surface area contributed by atoms with Gasteiger partial charge in [0.1, 0.15) is 5.75 Å². The number of carbonyl (C=O) groups excluding carboxylic acids is 1. The van der Waals surface area contributed by atoms with Crippen molar-refractivity contribution in [2.24, 2.45) is 0 Å². The maximum absolute atomic E-state index is 12.4. The Morgan fingerprint density at radius 3 is 2.30 bits per heavy atom. The number of amides is 1. The first-order valence-electron chi connectivity index (χ1n) is 7.78. The maximum Gasteiger partial charge on any atom is 0.387 e. The zero-order valence-electron chi connectivity index (χ0n) is 14.4. The number of ether oxygens (including phenoxy) is 3. The van der Waals surface area contributed by atoms with Crippen LogP contribution in [0.5, 0.6) is 17.2 Å². The lowest BCUT2D eigenvalue weighted by atomic mass is 10.1. The van der Waals surface area contributed by atoms with Crippen LogP contribution in [0, 0.1) is 0 Å². The van der Waals surface area contributed by atoms with Gasteiger partial charge in [0.05, 0.1) is 13.2 Å². The molecule has 2 aromatic carbocycles. The fourth-order valence-electron chi connectivity index (χ4n) is 2.33. The van der Waals surface area contributed by atoms with Crippen molar-refractivity contribution in [1.29, 1.82) is 0 Å². The van der Waals surface area contributed by atoms with Gasteiger partial charge in [0.15, 0.2) is 11.5 Å². The largest absolute Gasteiger partial charge is 0.493 e. The minimum absolute atomic E-state index is 0.0251. The number of hydrogen-bond donors (Lipinski definition) is 1. The summed E-state index contributed by atoms with van der Waals surface area (Å²) in [7, 11) is 1.26. The van der Waals surface area contributed by atoms with Crippen LogP contribution in [0.3, 0.4) is 0 Å². The molecule has 0 radical (unpaired) electrons. The van der Waals surface area contributed by atoms with Gasteiger partial charge in [-0.05, 0) is 42.8 Å². The van der Waals surface area contributed by atoms with Crippen molar-refractivity contribution in [3.8, 4) is 17.2 Å². The van der Waals surface area contributed by atoms with Gasteiger partial charge in [0.2, 0.25) is 0 Å². The van der Waals surface area contributed by atoms with Crippen molar-refractivity contribution in [2.45, 2.75) is 26.2 Å². The predicted molar refractivity (Wildman–Crippen MR) is 88.6 cm³/mol. The van der Waals surface area contributed by atoms with E-state index < -0.39 is 25.2 Å². The van der Waals surface area contributed by atoms with E-state index in [1.165, 1.54) is 43.5 Å². The van der Waals surface area contributed by atoms with Gasteiger partial charge in [0.25, 0.3) is 5.91 Å². The summed E-state index contributed by atoms with van der Waals surface area (Å²) in [5, 5.41) is 2.68. The van der Waals surface area contributed by atoms with Crippen molar-refractivity contribution < 1.29 is 36.6 Å². The van der Waals surface area contributed by atoms with Gasteiger partial charge in [-0.15, -0.1) is 0 Å². The highest BCUT2D eigenvalue weighted by Gasteiger charge is 2.17. The lowest BCUT2D eigenvalue weighted by Crippen LogP contribution is -2.26. The quantitative estimate of drug-likeness (QED) is 0.683. The highest BCUT2D eigenvalue weighted by Crippen LogP contribution is 2.29. The molecule has 0 aliphatic carbocycles. The summed E-state index contributed by atoms with van der Waals surface area (Å²) in [6.45, 7) is -4.32. The fraction of sp³-hybridized carbons (Fsp3) is 0.278. The van der Waals surface area contributed by atoms with Gasteiger partial charge < -0.3 is 19.5 Å². The van der Waals surface area contributed by atoms with E-state index in [1.54, 1.807) is 13.0 Å². The Morgan fingerprint density at radius 2 is 1.67 bits per heavy atom. The fourth-order valence-corrected chi connectivity index (χ4v) is 2.33. The van der Waals surface area contributed by atoms with Crippen LogP contribution in [-0.4, -0.2) is 26.2 Å². The molecule has 0 spiro atoms. The molecule has 0 fully saturated rings. The number of methoxy groups -OCH3 is 1. The lowest BCUT2D eigenvalue weighted by molar-refractivity contribution is -0.0514. The normalized spacial score (nSPS) is 12.0. The third-order valence-corrected chi connectivity index (χ3v) is 3.57. The van der Waals surface area contributed by atoms with Crippen LogP contribution >= 0.6 is 0 Å². The van der Waals surface area contributed by atoms with Gasteiger partial charge in [-0.1, -0.05) is 12.1 Å². The summed E-state index contributed by atoms with van der Waals surface area (Å²) in [5.74, 6) is -0.764. The molecule has 27 heavy (non-hydrogen) atoms. The van der Waals surface area contributed by atoms with Crippen LogP contribution in [0.15, 0.2) is 42.5 Å². The molecule has 2 rings (SSSR count). The monoisotopic (exact) mass is 387 g/mol. The maximum atomic E-state index is 12.4. The van der Waals surface area contributed by atoms with E-state index >= 15 is 0 Å². The first kappa shape index (κ1) is 20.3. The highest BCUT2D eigenvalue weighted by atomic mass is 19.3. The molecule has 146 valence electrons. The topological polar surface area (TPSA) is 56.8 Å². The molecule has 0 heterocycles. The van der Waals surface area contributed by atoms with Crippen LogP contribution in [0.2, 0.25) is 0 Å². The molecule has 0 saturated heterocycles. The second-order valence-corrected chi connectivity index (χ2v) is 5.39. The molecule has 0 aliphatic heterocycles. The van der Waals surface area contributed by atoms with Gasteiger partial charge in [0, 0.05) is 5.56 Å². The van der Waals surface area contributed by atoms with Crippen LogP contribution in [-0.2, 0) is 0 Å². The Labute approximate surface area is 152 Å². The molecule has 9 heteroatoms. The standard InChI is InChI=1S/C18H17F4NO4/c1-10(11-4-3-5-13(8-11)26-17(19)20)23-16(24)12-6-7-14(27-18(21)22)15(9-12)25-2/h3-10,17-18H,1-2H3,(H,23,24). The summed E-state index contributed by atoms with van der Waals surface area (Å²) < 4.78 is 62.9. The number of alkyl halides is 4. The zero-order valence-corrected chi connectivity index (χ0v) is 14.4. The molecule has 1 unspecified atom stereocenters. The molecular weight excluding hydrogens is 370 g/mol. The third kappa shape index (κ3) is 5.77. The Balaban J connectivity index is 2.12. The van der Waals surface area contributed by atoms with Crippen molar-refractivity contribution in [1.82, 2.24) is 5.32 Å². The predicted octanol–water partition coefficient (Wildman–Crippen LogP) is 4.39. The summed E-state index contributed by atoms with van der Waals surface area (Å²) in [4.78, 5) is 12.4. The SMILES string of the molecule is COc1cc(C(=O)NC(C)c2cccc(OC(F)F)c2)ccc1OC(F)F. The van der Waals surface area contributed by atoms with Crippen LogP contribution < -0.4 is 19.5 Å². The van der Waals surface area contributed by atoms with Crippen LogP contribution in [0.1, 0.15) is 28.9 Å². The van der Waals surface area contributed by atoms with E-state index in [1.807, 2.05) is 0 Å². The molecule has 2 aromatic rings. The smallest absolute Gasteiger partial charge is 0.387 e. The van der Waals surface area contributed by atoms with Gasteiger partial charge in [-0.3, -0.25) is 4.79 Å². The molecule has 1 amide bonds. The summed E-state index contributed by atoms with van der Waals surface area (Å²) in [6.07, 6.45) is 0. The van der Waals surface area contributed by atoms with E-state index in [2.05, 4.69) is 14.8 Å². The molecule has 0 bridgehead atoms. The molecule has 5 nitrogen and oxygen atoms in total. The van der Waals surface area contributed by atoms with Gasteiger partial charge >= 0.3 is 13.2 Å². The minimum atomic E-state index is -3.03. The zero-order chi connectivity index (χ0) is 20.0. The summed E-state index contributed by atoms with van der Waals surface area (Å²) in [5.41, 5.74) is 0.700. The Morgan fingerprint density at radius 1 is 0.963 bits per heavy atom. The second-order valence-electron chi connectivity index (χ2n) is 5.39. The van der Waals surface area contributed by atoms with Crippen LogP contribution in [0.25, 0.3) is 0 Å². The van der Waals surface area contributed by atoms with Crippen molar-refractivity contribution in [2.75, 3.05) is 7.11 Å². The van der Waals surface area contributed by atoms with Crippen molar-refractivity contribution in [3.63, 3.8) is 0 Å². The molecule has 0 aliphatic rings. The molecule has 0 aromatic heterocycles. The number of halogens is 4. The first-order chi connectivity index (χ1) is 12.8. The average Bonchev–Trinajstić information content (AvgIpc) is 2.61. The van der Waals surface area contributed by atoms with Crippen LogP contribution in [0.4, 0.5) is 17.6 Å². The van der Waals surface area contributed by atoms with E-state index in [-0.39, 0.29) is 22.8 Å². The average molecular weight is 387 g/mol. The summed E-state index contributed by atoms with van der Waals surface area (Å²) in [6, 6.07) is 9.16. The molecule has 1 N–H and O–H groups in total. The Hall–Kier alpha value is -2.97. The lowest BCUT2D eigenvalue weighted by Gasteiger charge is -2.16. The molecule has 1 atom stereocenters. The first-order valence-corrected chi connectivity index (χ1v) is 7.78. The third-order valence-electron chi connectivity index (χ3n) is 3.57. The van der Waals surface area contributed by atoms with Gasteiger partial charge in [-0.25, -0.2) is 0 Å². The van der Waals surface area contributed by atoms with E-state index in [9.17, 15) is 22.4 Å². The number of carbonyl (C=O) groups is 1. The number of nitrogens with one attached hydrogen (secondary N) is 1. The van der Waals surface area contributed by atoms with Crippen molar-refractivity contribution in [3.05, 3.63) is 53.6 Å². The number of hydrogen-bond acceptors (Lipinski definition) is 4. The summed E-state index contributed by atoms with van der Waals surface area (Å²) >= 11 is 0. The number of benzene rings is 2. The van der Waals surface area contributed by atoms with Gasteiger partial charge in [-0.2, -0.15) is 17.6 Å². The van der Waals surface area contributed by atoms with E-state index in [4.69, 9.17) is 4.74 Å². The second kappa shape index (κ2) is 9.11. The Bertz CT molecular complexity index is 786. The molecular formula is C18H17F4NO4. The van der Waals surface area contributed by atoms with E-state index in [0.717, 1.165) is 0 Å². The molecule has 0 saturated carbocycles. The minimum Gasteiger partial charge on any atom is -0.493 e. The number of rotatable bonds is 8.